The van der Waals surface area contributed by atoms with Gasteiger partial charge >= 0.3 is 0 Å². The maximum Gasteiger partial charge on any atom is 0.287 e. The van der Waals surface area contributed by atoms with Gasteiger partial charge in [0, 0.05) is 6.54 Å². The minimum atomic E-state index is -0.257. The van der Waals surface area contributed by atoms with Crippen molar-refractivity contribution in [3.8, 4) is 0 Å². The minimum absolute atomic E-state index is 0.220. The van der Waals surface area contributed by atoms with E-state index in [0.29, 0.717) is 25.2 Å². The molecule has 19 heavy (non-hydrogen) atoms. The Morgan fingerprint density at radius 1 is 1.47 bits per heavy atom. The first-order chi connectivity index (χ1) is 9.16. The number of carbonyl (C=O) groups excluding carboxylic acids is 1. The summed E-state index contributed by atoms with van der Waals surface area (Å²) < 4.78 is 10.8. The molecule has 4 nitrogen and oxygen atoms in total. The van der Waals surface area contributed by atoms with Crippen molar-refractivity contribution in [1.82, 2.24) is 5.32 Å². The first kappa shape index (κ1) is 14.4. The Morgan fingerprint density at radius 3 is 2.95 bits per heavy atom. The molecule has 1 aliphatic rings. The van der Waals surface area contributed by atoms with Crippen molar-refractivity contribution in [2.24, 2.45) is 5.92 Å². The molecule has 1 amide bonds. The highest BCUT2D eigenvalue weighted by Crippen LogP contribution is 2.25. The standard InChI is InChI=1S/C14H20ClNO3/c1-10-4-2-3-5-11(10)18-9-8-16-14(17)12-6-7-13(15)19-12/h6-7,10-11H,2-5,8-9H2,1H3,(H,16,17)/t10-,11+/m0/s1. The number of ether oxygens (including phenoxy) is 1. The van der Waals surface area contributed by atoms with Gasteiger partial charge in [-0.3, -0.25) is 4.79 Å². The smallest absolute Gasteiger partial charge is 0.287 e. The zero-order valence-corrected chi connectivity index (χ0v) is 11.9. The van der Waals surface area contributed by atoms with E-state index in [4.69, 9.17) is 20.8 Å². The van der Waals surface area contributed by atoms with Crippen LogP contribution in [0.3, 0.4) is 0 Å². The molecule has 1 N–H and O–H groups in total. The summed E-state index contributed by atoms with van der Waals surface area (Å²) in [4.78, 5) is 11.7. The Hall–Kier alpha value is -1.00. The van der Waals surface area contributed by atoms with Crippen LogP contribution in [0, 0.1) is 5.92 Å². The van der Waals surface area contributed by atoms with Crippen molar-refractivity contribution in [3.63, 3.8) is 0 Å². The molecule has 0 aromatic carbocycles. The van der Waals surface area contributed by atoms with Crippen LogP contribution in [0.15, 0.2) is 16.5 Å². The molecule has 0 aliphatic heterocycles. The van der Waals surface area contributed by atoms with E-state index >= 15 is 0 Å². The second-order valence-electron chi connectivity index (χ2n) is 5.03. The van der Waals surface area contributed by atoms with E-state index in [1.165, 1.54) is 19.3 Å². The number of rotatable bonds is 5. The van der Waals surface area contributed by atoms with Gasteiger partial charge in [-0.15, -0.1) is 0 Å². The van der Waals surface area contributed by atoms with E-state index in [0.717, 1.165) is 6.42 Å². The van der Waals surface area contributed by atoms with Crippen LogP contribution >= 0.6 is 11.6 Å². The van der Waals surface area contributed by atoms with Crippen molar-refractivity contribution in [1.29, 1.82) is 0 Å². The van der Waals surface area contributed by atoms with Gasteiger partial charge in [0.25, 0.3) is 5.91 Å². The Bertz CT molecular complexity index is 419. The summed E-state index contributed by atoms with van der Waals surface area (Å²) in [7, 11) is 0. The summed E-state index contributed by atoms with van der Waals surface area (Å²) in [5.74, 6) is 0.594. The number of halogens is 1. The third-order valence-corrected chi connectivity index (χ3v) is 3.75. The van der Waals surface area contributed by atoms with Crippen molar-refractivity contribution in [2.45, 2.75) is 38.7 Å². The van der Waals surface area contributed by atoms with Gasteiger partial charge in [-0.25, -0.2) is 0 Å². The third kappa shape index (κ3) is 4.25. The zero-order chi connectivity index (χ0) is 13.7. The largest absolute Gasteiger partial charge is 0.440 e. The van der Waals surface area contributed by atoms with E-state index < -0.39 is 0 Å². The van der Waals surface area contributed by atoms with Gasteiger partial charge in [0.2, 0.25) is 0 Å². The topological polar surface area (TPSA) is 51.5 Å². The van der Waals surface area contributed by atoms with Gasteiger partial charge < -0.3 is 14.5 Å². The SMILES string of the molecule is C[C@H]1CCCC[C@H]1OCCNC(=O)c1ccc(Cl)o1. The average Bonchev–Trinajstić information content (AvgIpc) is 2.83. The molecule has 1 heterocycles. The van der Waals surface area contributed by atoms with Crippen molar-refractivity contribution < 1.29 is 13.9 Å². The lowest BCUT2D eigenvalue weighted by Gasteiger charge is -2.28. The number of amides is 1. The second kappa shape index (κ2) is 6.96. The number of furan rings is 1. The monoisotopic (exact) mass is 285 g/mol. The van der Waals surface area contributed by atoms with Crippen LogP contribution in [-0.4, -0.2) is 25.2 Å². The molecular formula is C14H20ClNO3. The highest BCUT2D eigenvalue weighted by Gasteiger charge is 2.21. The summed E-state index contributed by atoms with van der Waals surface area (Å²) in [6.45, 7) is 3.25. The molecule has 0 bridgehead atoms. The average molecular weight is 286 g/mol. The maximum absolute atomic E-state index is 11.7. The fourth-order valence-corrected chi connectivity index (χ4v) is 2.57. The maximum atomic E-state index is 11.7. The molecule has 2 atom stereocenters. The predicted octanol–water partition coefficient (Wildman–Crippen LogP) is 3.26. The van der Waals surface area contributed by atoms with E-state index in [9.17, 15) is 4.79 Å². The molecule has 1 aromatic rings. The summed E-state index contributed by atoms with van der Waals surface area (Å²) in [5, 5.41) is 2.97. The van der Waals surface area contributed by atoms with Crippen molar-refractivity contribution in [2.75, 3.05) is 13.2 Å². The van der Waals surface area contributed by atoms with Crippen molar-refractivity contribution in [3.05, 3.63) is 23.1 Å². The van der Waals surface area contributed by atoms with E-state index in [2.05, 4.69) is 12.2 Å². The Kier molecular flexibility index (Phi) is 5.28. The number of nitrogens with one attached hydrogen (secondary N) is 1. The second-order valence-corrected chi connectivity index (χ2v) is 5.40. The van der Waals surface area contributed by atoms with Crippen LogP contribution in [0.1, 0.15) is 43.2 Å². The highest BCUT2D eigenvalue weighted by atomic mass is 35.5. The van der Waals surface area contributed by atoms with Crippen molar-refractivity contribution >= 4 is 17.5 Å². The molecule has 1 fully saturated rings. The fourth-order valence-electron chi connectivity index (χ4n) is 2.43. The van der Waals surface area contributed by atoms with Gasteiger partial charge in [0.15, 0.2) is 11.0 Å². The van der Waals surface area contributed by atoms with E-state index in [-0.39, 0.29) is 16.9 Å². The van der Waals surface area contributed by atoms with Gasteiger partial charge in [-0.1, -0.05) is 19.8 Å². The first-order valence-electron chi connectivity index (χ1n) is 6.82. The molecule has 1 saturated carbocycles. The summed E-state index contributed by atoms with van der Waals surface area (Å²) in [6.07, 6.45) is 5.25. The van der Waals surface area contributed by atoms with Gasteiger partial charge in [-0.05, 0) is 42.5 Å². The fraction of sp³-hybridized carbons (Fsp3) is 0.643. The molecular weight excluding hydrogens is 266 g/mol. The van der Waals surface area contributed by atoms with Crippen LogP contribution in [0.25, 0.3) is 0 Å². The molecule has 0 radical (unpaired) electrons. The lowest BCUT2D eigenvalue weighted by Crippen LogP contribution is -2.31. The summed E-state index contributed by atoms with van der Waals surface area (Å²) in [5.41, 5.74) is 0. The quantitative estimate of drug-likeness (QED) is 0.845. The predicted molar refractivity (Wildman–Crippen MR) is 73.4 cm³/mol. The van der Waals surface area contributed by atoms with Crippen LogP contribution in [-0.2, 0) is 4.74 Å². The van der Waals surface area contributed by atoms with Gasteiger partial charge in [0.05, 0.1) is 12.7 Å². The Morgan fingerprint density at radius 2 is 2.26 bits per heavy atom. The molecule has 0 saturated heterocycles. The lowest BCUT2D eigenvalue weighted by atomic mass is 9.88. The van der Waals surface area contributed by atoms with E-state index in [1.54, 1.807) is 12.1 Å². The van der Waals surface area contributed by atoms with Gasteiger partial charge in [-0.2, -0.15) is 0 Å². The zero-order valence-electron chi connectivity index (χ0n) is 11.2. The number of hydrogen-bond acceptors (Lipinski definition) is 3. The molecule has 1 aromatic heterocycles. The normalized spacial score (nSPS) is 23.3. The summed E-state index contributed by atoms with van der Waals surface area (Å²) >= 11 is 5.61. The minimum Gasteiger partial charge on any atom is -0.440 e. The molecule has 0 unspecified atom stereocenters. The molecule has 106 valence electrons. The highest BCUT2D eigenvalue weighted by molar-refractivity contribution is 6.29. The lowest BCUT2D eigenvalue weighted by molar-refractivity contribution is -0.00300. The Balaban J connectivity index is 1.65. The molecule has 0 spiro atoms. The van der Waals surface area contributed by atoms with Gasteiger partial charge in [0.1, 0.15) is 0 Å². The first-order valence-corrected chi connectivity index (χ1v) is 7.20. The Labute approximate surface area is 118 Å². The number of hydrogen-bond donors (Lipinski definition) is 1. The molecule has 5 heteroatoms. The van der Waals surface area contributed by atoms with E-state index in [1.807, 2.05) is 0 Å². The molecule has 1 aliphatic carbocycles. The van der Waals surface area contributed by atoms with Crippen LogP contribution in [0.2, 0.25) is 5.22 Å². The third-order valence-electron chi connectivity index (χ3n) is 3.55. The summed E-state index contributed by atoms with van der Waals surface area (Å²) in [6, 6.07) is 3.11. The number of carbonyl (C=O) groups is 1. The van der Waals surface area contributed by atoms with Crippen LogP contribution < -0.4 is 5.32 Å². The van der Waals surface area contributed by atoms with Crippen LogP contribution in [0.4, 0.5) is 0 Å². The van der Waals surface area contributed by atoms with Crippen LogP contribution in [0.5, 0.6) is 0 Å². The molecule has 2 rings (SSSR count).